The van der Waals surface area contributed by atoms with Gasteiger partial charge >= 0.3 is 5.97 Å². The van der Waals surface area contributed by atoms with Crippen LogP contribution in [-0.2, 0) is 4.79 Å². The summed E-state index contributed by atoms with van der Waals surface area (Å²) in [7, 11) is 1.79. The molecule has 1 aromatic rings. The van der Waals surface area contributed by atoms with Crippen LogP contribution in [0.5, 0.6) is 0 Å². The number of carboxylic acid groups (broad SMARTS) is 1. The molecular weight excluding hydrogens is 272 g/mol. The average Bonchev–Trinajstić information content (AvgIpc) is 2.36. The molecule has 1 rings (SSSR count). The largest absolute Gasteiger partial charge is 0.478 e. The van der Waals surface area contributed by atoms with Crippen LogP contribution in [0.1, 0.15) is 33.3 Å². The molecule has 0 aromatic heterocycles. The molecule has 0 bridgehead atoms. The Morgan fingerprint density at radius 1 is 1.38 bits per heavy atom. The van der Waals surface area contributed by atoms with Crippen molar-refractivity contribution in [3.63, 3.8) is 0 Å². The predicted octanol–water partition coefficient (Wildman–Crippen LogP) is 3.32. The van der Waals surface area contributed by atoms with Gasteiger partial charge in [-0.1, -0.05) is 6.07 Å². The van der Waals surface area contributed by atoms with E-state index in [-0.39, 0.29) is 16.8 Å². The quantitative estimate of drug-likeness (QED) is 0.523. The van der Waals surface area contributed by atoms with Crippen LogP contribution in [0.25, 0.3) is 6.08 Å². The fraction of sp³-hybridized carbons (Fsp3) is 0.400. The van der Waals surface area contributed by atoms with E-state index in [1.165, 1.54) is 19.1 Å². The Kier molecular flexibility index (Phi) is 4.73. The molecule has 1 N–H and O–H groups in total. The summed E-state index contributed by atoms with van der Waals surface area (Å²) >= 11 is 0. The summed E-state index contributed by atoms with van der Waals surface area (Å²) in [4.78, 5) is 23.5. The zero-order valence-electron chi connectivity index (χ0n) is 12.9. The number of anilines is 1. The van der Waals surface area contributed by atoms with Crippen molar-refractivity contribution in [2.75, 3.05) is 11.9 Å². The zero-order valence-corrected chi connectivity index (χ0v) is 12.9. The van der Waals surface area contributed by atoms with Gasteiger partial charge in [0.15, 0.2) is 0 Å². The van der Waals surface area contributed by atoms with Crippen LogP contribution in [0.4, 0.5) is 11.4 Å². The molecule has 0 aliphatic carbocycles. The van der Waals surface area contributed by atoms with E-state index in [1.807, 2.05) is 25.7 Å². The number of hydrogen-bond donors (Lipinski definition) is 1. The molecule has 0 saturated carbocycles. The molecule has 0 aliphatic rings. The molecular formula is C15H20N2O4. The van der Waals surface area contributed by atoms with E-state index >= 15 is 0 Å². The van der Waals surface area contributed by atoms with Crippen molar-refractivity contribution in [2.45, 2.75) is 33.2 Å². The minimum absolute atomic E-state index is 0.0423. The third-order valence-electron chi connectivity index (χ3n) is 3.28. The lowest BCUT2D eigenvalue weighted by atomic mass is 10.0. The van der Waals surface area contributed by atoms with Gasteiger partial charge in [-0.2, -0.15) is 0 Å². The van der Waals surface area contributed by atoms with Crippen LogP contribution >= 0.6 is 0 Å². The Morgan fingerprint density at radius 3 is 2.38 bits per heavy atom. The second-order valence-corrected chi connectivity index (χ2v) is 5.87. The molecule has 0 atom stereocenters. The molecule has 0 unspecified atom stereocenters. The van der Waals surface area contributed by atoms with Crippen LogP contribution in [0.15, 0.2) is 23.8 Å². The van der Waals surface area contributed by atoms with Gasteiger partial charge in [-0.15, -0.1) is 0 Å². The van der Waals surface area contributed by atoms with Crippen molar-refractivity contribution in [3.8, 4) is 0 Å². The topological polar surface area (TPSA) is 83.7 Å². The van der Waals surface area contributed by atoms with Crippen molar-refractivity contribution in [1.82, 2.24) is 0 Å². The van der Waals surface area contributed by atoms with E-state index in [1.54, 1.807) is 19.2 Å². The van der Waals surface area contributed by atoms with Gasteiger partial charge in [0.1, 0.15) is 5.69 Å². The third-order valence-corrected chi connectivity index (χ3v) is 3.28. The molecule has 0 heterocycles. The maximum Gasteiger partial charge on any atom is 0.331 e. The fourth-order valence-corrected chi connectivity index (χ4v) is 1.73. The summed E-state index contributed by atoms with van der Waals surface area (Å²) in [6.45, 7) is 7.32. The van der Waals surface area contributed by atoms with E-state index in [9.17, 15) is 14.9 Å². The highest BCUT2D eigenvalue weighted by Crippen LogP contribution is 2.32. The van der Waals surface area contributed by atoms with Crippen LogP contribution < -0.4 is 4.90 Å². The number of carboxylic acids is 1. The molecule has 1 aromatic carbocycles. The van der Waals surface area contributed by atoms with Gasteiger partial charge in [0, 0.05) is 24.2 Å². The van der Waals surface area contributed by atoms with Crippen molar-refractivity contribution in [3.05, 3.63) is 39.4 Å². The van der Waals surface area contributed by atoms with Crippen molar-refractivity contribution in [1.29, 1.82) is 0 Å². The van der Waals surface area contributed by atoms with Gasteiger partial charge in [0.2, 0.25) is 0 Å². The highest BCUT2D eigenvalue weighted by Gasteiger charge is 2.25. The Labute approximate surface area is 123 Å². The Bertz CT molecular complexity index is 600. The van der Waals surface area contributed by atoms with Gasteiger partial charge in [-0.25, -0.2) is 4.79 Å². The fourth-order valence-electron chi connectivity index (χ4n) is 1.73. The summed E-state index contributed by atoms with van der Waals surface area (Å²) in [5, 5.41) is 20.1. The lowest BCUT2D eigenvalue weighted by Gasteiger charge is -2.33. The maximum absolute atomic E-state index is 11.3. The summed E-state index contributed by atoms with van der Waals surface area (Å²) in [6.07, 6.45) is 1.41. The van der Waals surface area contributed by atoms with Crippen molar-refractivity contribution < 1.29 is 14.8 Å². The Hall–Kier alpha value is -2.37. The summed E-state index contributed by atoms with van der Waals surface area (Å²) in [5.74, 6) is -1.05. The molecule has 21 heavy (non-hydrogen) atoms. The molecule has 0 amide bonds. The minimum atomic E-state index is -1.05. The van der Waals surface area contributed by atoms with E-state index < -0.39 is 10.9 Å². The smallest absolute Gasteiger partial charge is 0.331 e. The number of benzene rings is 1. The summed E-state index contributed by atoms with van der Waals surface area (Å²) in [5.41, 5.74) is 0.810. The Balaban J connectivity index is 3.36. The molecule has 0 aliphatic heterocycles. The van der Waals surface area contributed by atoms with Gasteiger partial charge in [-0.05, 0) is 45.4 Å². The monoisotopic (exact) mass is 292 g/mol. The molecule has 0 spiro atoms. The number of aliphatic carboxylic acids is 1. The van der Waals surface area contributed by atoms with Gasteiger partial charge < -0.3 is 10.0 Å². The normalized spacial score (nSPS) is 12.1. The van der Waals surface area contributed by atoms with Crippen LogP contribution in [-0.4, -0.2) is 28.6 Å². The zero-order chi connectivity index (χ0) is 16.4. The number of hydrogen-bond acceptors (Lipinski definition) is 4. The average molecular weight is 292 g/mol. The first kappa shape index (κ1) is 16.7. The second-order valence-electron chi connectivity index (χ2n) is 5.87. The third kappa shape index (κ3) is 4.05. The SMILES string of the molecule is C/C(=C\c1ccc(N(C)C(C)(C)C)c([N+](=O)[O-])c1)C(=O)O. The second kappa shape index (κ2) is 5.95. The number of nitro groups is 1. The number of nitro benzene ring substituents is 1. The van der Waals surface area contributed by atoms with E-state index in [0.29, 0.717) is 11.3 Å². The maximum atomic E-state index is 11.3. The van der Waals surface area contributed by atoms with E-state index in [0.717, 1.165) is 0 Å². The molecule has 114 valence electrons. The standard InChI is InChI=1S/C15H20N2O4/c1-10(14(18)19)8-11-6-7-12(13(9-11)17(20)21)16(5)15(2,3)4/h6-9H,1-5H3,(H,18,19)/b10-8+. The Morgan fingerprint density at radius 2 is 1.95 bits per heavy atom. The van der Waals surface area contributed by atoms with E-state index in [4.69, 9.17) is 5.11 Å². The summed E-state index contributed by atoms with van der Waals surface area (Å²) in [6, 6.07) is 4.71. The van der Waals surface area contributed by atoms with Crippen molar-refractivity contribution >= 4 is 23.4 Å². The lowest BCUT2D eigenvalue weighted by molar-refractivity contribution is -0.384. The molecule has 0 saturated heterocycles. The van der Waals surface area contributed by atoms with Crippen LogP contribution in [0.2, 0.25) is 0 Å². The minimum Gasteiger partial charge on any atom is -0.478 e. The first-order valence-electron chi connectivity index (χ1n) is 6.48. The molecule has 0 fully saturated rings. The number of carbonyl (C=O) groups is 1. The predicted molar refractivity (Wildman–Crippen MR) is 82.5 cm³/mol. The first-order valence-corrected chi connectivity index (χ1v) is 6.48. The van der Waals surface area contributed by atoms with Crippen molar-refractivity contribution in [2.24, 2.45) is 0 Å². The summed E-state index contributed by atoms with van der Waals surface area (Å²) < 4.78 is 0. The number of rotatable bonds is 4. The molecule has 6 heteroatoms. The first-order chi connectivity index (χ1) is 9.54. The van der Waals surface area contributed by atoms with E-state index in [2.05, 4.69) is 0 Å². The lowest BCUT2D eigenvalue weighted by Crippen LogP contribution is -2.38. The highest BCUT2D eigenvalue weighted by molar-refractivity contribution is 5.91. The van der Waals surface area contributed by atoms with Gasteiger partial charge in [0.25, 0.3) is 5.69 Å². The molecule has 6 nitrogen and oxygen atoms in total. The highest BCUT2D eigenvalue weighted by atomic mass is 16.6. The van der Waals surface area contributed by atoms with Crippen LogP contribution in [0.3, 0.4) is 0 Å². The number of nitrogens with zero attached hydrogens (tertiary/aromatic N) is 2. The van der Waals surface area contributed by atoms with Gasteiger partial charge in [0.05, 0.1) is 4.92 Å². The van der Waals surface area contributed by atoms with Crippen LogP contribution in [0, 0.1) is 10.1 Å². The molecule has 0 radical (unpaired) electrons. The van der Waals surface area contributed by atoms with Gasteiger partial charge in [-0.3, -0.25) is 10.1 Å².